The largest absolute Gasteiger partial charge is 0.467 e. The summed E-state index contributed by atoms with van der Waals surface area (Å²) in [6.07, 6.45) is 2.43. The van der Waals surface area contributed by atoms with Crippen molar-refractivity contribution in [1.29, 1.82) is 0 Å². The van der Waals surface area contributed by atoms with Gasteiger partial charge in [0.15, 0.2) is 5.60 Å². The van der Waals surface area contributed by atoms with Crippen molar-refractivity contribution in [1.82, 2.24) is 0 Å². The third-order valence-electron chi connectivity index (χ3n) is 5.63. The molecule has 0 aliphatic heterocycles. The maximum atomic E-state index is 12.7. The summed E-state index contributed by atoms with van der Waals surface area (Å²) < 4.78 is 9.77. The van der Waals surface area contributed by atoms with Crippen LogP contribution in [0.5, 0.6) is 0 Å². The van der Waals surface area contributed by atoms with Crippen LogP contribution >= 0.6 is 0 Å². The van der Waals surface area contributed by atoms with E-state index in [0.717, 1.165) is 5.56 Å². The first-order chi connectivity index (χ1) is 12.4. The number of esters is 2. The van der Waals surface area contributed by atoms with Gasteiger partial charge in [-0.05, 0) is 24.8 Å². The van der Waals surface area contributed by atoms with Crippen LogP contribution in [0.4, 0.5) is 0 Å². The van der Waals surface area contributed by atoms with E-state index in [0.29, 0.717) is 18.4 Å². The molecule has 0 radical (unpaired) electrons. The molecule has 3 unspecified atom stereocenters. The number of benzene rings is 1. The van der Waals surface area contributed by atoms with Gasteiger partial charge in [-0.1, -0.05) is 36.4 Å². The summed E-state index contributed by atoms with van der Waals surface area (Å²) in [6, 6.07) is 9.09. The van der Waals surface area contributed by atoms with Crippen LogP contribution in [0.25, 0.3) is 0 Å². The highest BCUT2D eigenvalue weighted by molar-refractivity contribution is 6.01. The maximum Gasteiger partial charge on any atom is 0.339 e. The number of Topliss-reactive ketones (excluding diaryl/α,β-unsaturated/α-hetero) is 1. The smallest absolute Gasteiger partial charge is 0.339 e. The van der Waals surface area contributed by atoms with E-state index < -0.39 is 28.9 Å². The third-order valence-corrected chi connectivity index (χ3v) is 5.63. The molecule has 6 nitrogen and oxygen atoms in total. The highest BCUT2D eigenvalue weighted by Gasteiger charge is 2.64. The normalized spacial score (nSPS) is 30.8. The topological polar surface area (TPSA) is 89.9 Å². The van der Waals surface area contributed by atoms with Gasteiger partial charge in [0.1, 0.15) is 5.78 Å². The number of carbonyl (C=O) groups is 3. The summed E-state index contributed by atoms with van der Waals surface area (Å²) in [7, 11) is 2.46. The molecular formula is C20H22O6. The zero-order valence-electron chi connectivity index (χ0n) is 14.9. The van der Waals surface area contributed by atoms with Crippen LogP contribution in [0, 0.1) is 5.41 Å². The average Bonchev–Trinajstić information content (AvgIpc) is 3.04. The lowest BCUT2D eigenvalue weighted by Crippen LogP contribution is -2.59. The highest BCUT2D eigenvalue weighted by atomic mass is 16.5. The molecule has 0 saturated heterocycles. The molecular weight excluding hydrogens is 336 g/mol. The number of aliphatic hydroxyl groups is 1. The summed E-state index contributed by atoms with van der Waals surface area (Å²) >= 11 is 0. The molecule has 6 heteroatoms. The Morgan fingerprint density at radius 2 is 1.85 bits per heavy atom. The fourth-order valence-corrected chi connectivity index (χ4v) is 4.29. The zero-order chi connectivity index (χ0) is 18.9. The Bertz CT molecular complexity index is 768. The summed E-state index contributed by atoms with van der Waals surface area (Å²) in [6.45, 7) is 0. The first kappa shape index (κ1) is 18.3. The molecule has 0 amide bonds. The number of rotatable bonds is 3. The van der Waals surface area contributed by atoms with E-state index in [9.17, 15) is 19.5 Å². The Morgan fingerprint density at radius 1 is 1.15 bits per heavy atom. The van der Waals surface area contributed by atoms with Crippen molar-refractivity contribution in [2.24, 2.45) is 5.41 Å². The van der Waals surface area contributed by atoms with Gasteiger partial charge < -0.3 is 14.6 Å². The number of ketones is 1. The highest BCUT2D eigenvalue weighted by Crippen LogP contribution is 2.55. The quantitative estimate of drug-likeness (QED) is 0.830. The lowest BCUT2D eigenvalue weighted by molar-refractivity contribution is -0.180. The molecule has 1 aromatic carbocycles. The minimum Gasteiger partial charge on any atom is -0.467 e. The Morgan fingerprint density at radius 3 is 2.38 bits per heavy atom. The number of methoxy groups -OCH3 is 2. The second-order valence-corrected chi connectivity index (χ2v) is 6.86. The van der Waals surface area contributed by atoms with Crippen molar-refractivity contribution in [3.8, 4) is 0 Å². The van der Waals surface area contributed by atoms with Crippen LogP contribution in [-0.2, 0) is 23.9 Å². The monoisotopic (exact) mass is 358 g/mol. The van der Waals surface area contributed by atoms with Crippen LogP contribution in [0.15, 0.2) is 42.0 Å². The number of hydrogen-bond acceptors (Lipinski definition) is 6. The van der Waals surface area contributed by atoms with Crippen LogP contribution in [0.3, 0.4) is 0 Å². The Hall–Kier alpha value is -2.47. The molecule has 3 atom stereocenters. The summed E-state index contributed by atoms with van der Waals surface area (Å²) in [5.41, 5.74) is -2.42. The third kappa shape index (κ3) is 2.56. The van der Waals surface area contributed by atoms with Crippen molar-refractivity contribution in [2.75, 3.05) is 14.2 Å². The molecule has 26 heavy (non-hydrogen) atoms. The number of carbonyl (C=O) groups excluding carboxylic acids is 3. The molecule has 0 aromatic heterocycles. The van der Waals surface area contributed by atoms with Crippen molar-refractivity contribution < 1.29 is 29.0 Å². The second-order valence-electron chi connectivity index (χ2n) is 6.86. The Kier molecular flexibility index (Phi) is 4.71. The first-order valence-corrected chi connectivity index (χ1v) is 8.60. The molecule has 2 aliphatic carbocycles. The van der Waals surface area contributed by atoms with Gasteiger partial charge in [0, 0.05) is 17.9 Å². The summed E-state index contributed by atoms with van der Waals surface area (Å²) in [5.74, 6) is -2.25. The van der Waals surface area contributed by atoms with E-state index in [1.165, 1.54) is 20.3 Å². The van der Waals surface area contributed by atoms with Gasteiger partial charge in [-0.2, -0.15) is 0 Å². The lowest BCUT2D eigenvalue weighted by Gasteiger charge is -2.45. The second kappa shape index (κ2) is 6.68. The van der Waals surface area contributed by atoms with E-state index in [2.05, 4.69) is 0 Å². The van der Waals surface area contributed by atoms with Crippen LogP contribution < -0.4 is 0 Å². The van der Waals surface area contributed by atoms with E-state index in [-0.39, 0.29) is 18.6 Å². The van der Waals surface area contributed by atoms with Gasteiger partial charge >= 0.3 is 11.9 Å². The summed E-state index contributed by atoms with van der Waals surface area (Å²) in [4.78, 5) is 37.7. The van der Waals surface area contributed by atoms with E-state index in [1.54, 1.807) is 0 Å². The van der Waals surface area contributed by atoms with Gasteiger partial charge in [-0.3, -0.25) is 4.79 Å². The van der Waals surface area contributed by atoms with Gasteiger partial charge in [0.2, 0.25) is 0 Å². The van der Waals surface area contributed by atoms with Crippen molar-refractivity contribution in [3.63, 3.8) is 0 Å². The molecule has 1 fully saturated rings. The molecule has 3 rings (SSSR count). The van der Waals surface area contributed by atoms with Crippen LogP contribution in [0.2, 0.25) is 0 Å². The number of hydrogen-bond donors (Lipinski definition) is 1. The first-order valence-electron chi connectivity index (χ1n) is 8.60. The van der Waals surface area contributed by atoms with E-state index in [4.69, 9.17) is 9.47 Å². The standard InChI is InChI=1S/C20H22O6/c1-25-17(22)15-11-19(10-6-9-16(19)21)20(24,18(23)26-2)12-14(15)13-7-4-3-5-8-13/h3-5,7-8,11,14,24H,6,9-10,12H2,1-2H3. The lowest BCUT2D eigenvalue weighted by atomic mass is 9.59. The molecule has 1 spiro atoms. The van der Waals surface area contributed by atoms with Crippen molar-refractivity contribution >= 4 is 17.7 Å². The fourth-order valence-electron chi connectivity index (χ4n) is 4.29. The molecule has 2 aliphatic rings. The van der Waals surface area contributed by atoms with Gasteiger partial charge in [-0.15, -0.1) is 0 Å². The van der Waals surface area contributed by atoms with E-state index in [1.807, 2.05) is 30.3 Å². The molecule has 138 valence electrons. The SMILES string of the molecule is COC(=O)C1=CC2(CCCC2=O)C(O)(C(=O)OC)CC1c1ccccc1. The van der Waals surface area contributed by atoms with Crippen molar-refractivity contribution in [2.45, 2.75) is 37.2 Å². The van der Waals surface area contributed by atoms with Crippen molar-refractivity contribution in [3.05, 3.63) is 47.5 Å². The minimum absolute atomic E-state index is 0.115. The molecule has 0 heterocycles. The van der Waals surface area contributed by atoms with E-state index >= 15 is 0 Å². The molecule has 0 bridgehead atoms. The van der Waals surface area contributed by atoms with Gasteiger partial charge in [0.05, 0.1) is 19.6 Å². The summed E-state index contributed by atoms with van der Waals surface area (Å²) in [5, 5.41) is 11.4. The van der Waals surface area contributed by atoms with Gasteiger partial charge in [-0.25, -0.2) is 9.59 Å². The van der Waals surface area contributed by atoms with Crippen LogP contribution in [-0.4, -0.2) is 42.6 Å². The Balaban J connectivity index is 2.23. The maximum absolute atomic E-state index is 12.7. The molecule has 1 N–H and O–H groups in total. The predicted molar refractivity (Wildman–Crippen MR) is 92.2 cm³/mol. The molecule has 1 saturated carbocycles. The average molecular weight is 358 g/mol. The van der Waals surface area contributed by atoms with Gasteiger partial charge in [0.25, 0.3) is 0 Å². The Labute approximate surface area is 151 Å². The zero-order valence-corrected chi connectivity index (χ0v) is 14.9. The van der Waals surface area contributed by atoms with Crippen LogP contribution in [0.1, 0.15) is 37.2 Å². The fraction of sp³-hybridized carbons (Fsp3) is 0.450. The molecule has 1 aromatic rings. The number of ether oxygens (including phenoxy) is 2. The predicted octanol–water partition coefficient (Wildman–Crippen LogP) is 1.92. The minimum atomic E-state index is -2.02.